The zero-order chi connectivity index (χ0) is 22.7. The van der Waals surface area contributed by atoms with Crippen molar-refractivity contribution in [1.29, 1.82) is 0 Å². The van der Waals surface area contributed by atoms with Crippen LogP contribution in [-0.2, 0) is 17.9 Å². The summed E-state index contributed by atoms with van der Waals surface area (Å²) in [4.78, 5) is 26.9. The predicted molar refractivity (Wildman–Crippen MR) is 130 cm³/mol. The van der Waals surface area contributed by atoms with Gasteiger partial charge < -0.3 is 4.74 Å². The van der Waals surface area contributed by atoms with Gasteiger partial charge in [-0.05, 0) is 59.3 Å². The molecule has 3 aromatic rings. The normalized spacial score (nSPS) is 15.0. The van der Waals surface area contributed by atoms with E-state index in [1.165, 1.54) is 4.90 Å². The lowest BCUT2D eigenvalue weighted by molar-refractivity contribution is -0.123. The lowest BCUT2D eigenvalue weighted by atomic mass is 10.1. The summed E-state index contributed by atoms with van der Waals surface area (Å²) in [6, 6.07) is 19.8. The second-order valence-corrected chi connectivity index (χ2v) is 9.21. The smallest absolute Gasteiger partial charge is 0.293 e. The Hall–Kier alpha value is -2.44. The number of nitrogens with zero attached hydrogens (tertiary/aromatic N) is 1. The lowest BCUT2D eigenvalue weighted by Gasteiger charge is -2.13. The number of ether oxygens (including phenoxy) is 1. The molecule has 1 aliphatic rings. The molecule has 8 heteroatoms. The molecule has 0 aromatic heterocycles. The van der Waals surface area contributed by atoms with Crippen LogP contribution in [0.15, 0.2) is 71.6 Å². The van der Waals surface area contributed by atoms with Crippen LogP contribution < -0.4 is 4.74 Å². The molecule has 0 radical (unpaired) electrons. The Labute approximate surface area is 204 Å². The fraction of sp³-hybridized carbons (Fsp3) is 0.0833. The van der Waals surface area contributed by atoms with E-state index in [0.29, 0.717) is 37.9 Å². The summed E-state index contributed by atoms with van der Waals surface area (Å²) in [5.74, 6) is 0.248. The van der Waals surface area contributed by atoms with Crippen LogP contribution in [-0.4, -0.2) is 16.0 Å². The van der Waals surface area contributed by atoms with E-state index < -0.39 is 0 Å². The van der Waals surface area contributed by atoms with Crippen molar-refractivity contribution in [2.45, 2.75) is 13.2 Å². The van der Waals surface area contributed by atoms with Crippen LogP contribution in [0, 0.1) is 0 Å². The van der Waals surface area contributed by atoms with E-state index in [-0.39, 0.29) is 17.7 Å². The molecule has 2 amide bonds. The second kappa shape index (κ2) is 10.0. The van der Waals surface area contributed by atoms with E-state index in [1.807, 2.05) is 36.4 Å². The minimum atomic E-state index is -0.362. The molecule has 4 rings (SSSR count). The van der Waals surface area contributed by atoms with Crippen molar-refractivity contribution in [2.75, 3.05) is 0 Å². The molecule has 0 unspecified atom stereocenters. The summed E-state index contributed by atoms with van der Waals surface area (Å²) in [7, 11) is 0. The highest BCUT2D eigenvalue weighted by Gasteiger charge is 2.35. The molecular weight excluding hydrogens is 489 g/mol. The van der Waals surface area contributed by atoms with Gasteiger partial charge in [-0.2, -0.15) is 0 Å². The first-order valence-corrected chi connectivity index (χ1v) is 11.5. The molecule has 3 aromatic carbocycles. The predicted octanol–water partition coefficient (Wildman–Crippen LogP) is 7.46. The molecule has 0 N–H and O–H groups in total. The van der Waals surface area contributed by atoms with Gasteiger partial charge in [0.1, 0.15) is 12.4 Å². The molecule has 1 aliphatic heterocycles. The van der Waals surface area contributed by atoms with E-state index >= 15 is 0 Å². The Balaban J connectivity index is 1.51. The maximum atomic E-state index is 12.9. The van der Waals surface area contributed by atoms with E-state index in [1.54, 1.807) is 36.4 Å². The summed E-state index contributed by atoms with van der Waals surface area (Å²) < 4.78 is 5.95. The molecule has 1 fully saturated rings. The average Bonchev–Trinajstić information content (AvgIpc) is 3.04. The number of hydrogen-bond donors (Lipinski definition) is 0. The van der Waals surface area contributed by atoms with Crippen LogP contribution in [0.5, 0.6) is 5.75 Å². The maximum absolute atomic E-state index is 12.9. The number of halogens is 3. The molecule has 0 bridgehead atoms. The fourth-order valence-corrected chi connectivity index (χ4v) is 4.35. The van der Waals surface area contributed by atoms with Gasteiger partial charge in [-0.25, -0.2) is 0 Å². The molecule has 0 atom stereocenters. The van der Waals surface area contributed by atoms with Crippen molar-refractivity contribution in [2.24, 2.45) is 0 Å². The van der Waals surface area contributed by atoms with E-state index in [4.69, 9.17) is 39.5 Å². The summed E-state index contributed by atoms with van der Waals surface area (Å²) in [5.41, 5.74) is 2.39. The van der Waals surface area contributed by atoms with Gasteiger partial charge in [0.25, 0.3) is 11.1 Å². The highest BCUT2D eigenvalue weighted by molar-refractivity contribution is 8.18. The zero-order valence-corrected chi connectivity index (χ0v) is 19.6. The number of hydrogen-bond acceptors (Lipinski definition) is 4. The third-order valence-corrected chi connectivity index (χ3v) is 6.61. The molecule has 1 saturated heterocycles. The number of carbonyl (C=O) groups is 2. The van der Waals surface area contributed by atoms with Gasteiger partial charge in [0.15, 0.2) is 0 Å². The van der Waals surface area contributed by atoms with Crippen molar-refractivity contribution < 1.29 is 14.3 Å². The van der Waals surface area contributed by atoms with Crippen molar-refractivity contribution in [3.63, 3.8) is 0 Å². The molecule has 0 aliphatic carbocycles. The van der Waals surface area contributed by atoms with Crippen LogP contribution in [0.4, 0.5) is 4.79 Å². The fourth-order valence-electron chi connectivity index (χ4n) is 3.07. The van der Waals surface area contributed by atoms with Gasteiger partial charge in [0.2, 0.25) is 0 Å². The minimum Gasteiger partial charge on any atom is -0.488 e. The van der Waals surface area contributed by atoms with Crippen molar-refractivity contribution >= 4 is 63.8 Å². The van der Waals surface area contributed by atoms with Gasteiger partial charge >= 0.3 is 0 Å². The first-order chi connectivity index (χ1) is 15.4. The van der Waals surface area contributed by atoms with Crippen LogP contribution in [0.3, 0.4) is 0 Å². The van der Waals surface area contributed by atoms with Crippen LogP contribution >= 0.6 is 46.6 Å². The molecule has 0 spiro atoms. The van der Waals surface area contributed by atoms with Crippen LogP contribution in [0.25, 0.3) is 6.08 Å². The molecule has 1 heterocycles. The van der Waals surface area contributed by atoms with E-state index in [2.05, 4.69) is 0 Å². The number of para-hydroxylation sites is 1. The van der Waals surface area contributed by atoms with Crippen molar-refractivity contribution in [3.05, 3.63) is 103 Å². The third-order valence-electron chi connectivity index (χ3n) is 4.71. The Morgan fingerprint density at radius 3 is 2.34 bits per heavy atom. The van der Waals surface area contributed by atoms with Crippen LogP contribution in [0.1, 0.15) is 16.7 Å². The standard InChI is InChI=1S/C24H16Cl3NO3S/c25-18-8-5-15(6-9-18)14-31-21-4-2-1-3-17(21)12-22-23(29)28(24(30)32-22)13-16-7-10-19(26)20(27)11-16/h1-12H,13-14H2/b22-12-. The molecular formula is C24H16Cl3NO3S. The lowest BCUT2D eigenvalue weighted by Crippen LogP contribution is -2.27. The minimum absolute atomic E-state index is 0.119. The van der Waals surface area contributed by atoms with Crippen molar-refractivity contribution in [1.82, 2.24) is 4.90 Å². The first kappa shape index (κ1) is 22.7. The Morgan fingerprint density at radius 2 is 1.59 bits per heavy atom. The number of carbonyl (C=O) groups excluding carboxylic acids is 2. The quantitative estimate of drug-likeness (QED) is 0.327. The summed E-state index contributed by atoms with van der Waals surface area (Å²) in [6.45, 7) is 0.467. The number of amides is 2. The summed E-state index contributed by atoms with van der Waals surface area (Å²) >= 11 is 18.8. The maximum Gasteiger partial charge on any atom is 0.293 e. The topological polar surface area (TPSA) is 46.6 Å². The highest BCUT2D eigenvalue weighted by atomic mass is 35.5. The number of benzene rings is 3. The molecule has 4 nitrogen and oxygen atoms in total. The van der Waals surface area contributed by atoms with Gasteiger partial charge in [0, 0.05) is 10.6 Å². The number of thioether (sulfide) groups is 1. The Kier molecular flexibility index (Phi) is 7.11. The first-order valence-electron chi connectivity index (χ1n) is 9.56. The molecule has 32 heavy (non-hydrogen) atoms. The van der Waals surface area contributed by atoms with Gasteiger partial charge in [-0.1, -0.05) is 71.2 Å². The van der Waals surface area contributed by atoms with Crippen LogP contribution in [0.2, 0.25) is 15.1 Å². The third kappa shape index (κ3) is 5.30. The monoisotopic (exact) mass is 503 g/mol. The van der Waals surface area contributed by atoms with Crippen molar-refractivity contribution in [3.8, 4) is 5.75 Å². The SMILES string of the molecule is O=C1S/C(=C\c2ccccc2OCc2ccc(Cl)cc2)C(=O)N1Cc1ccc(Cl)c(Cl)c1. The summed E-state index contributed by atoms with van der Waals surface area (Å²) in [6.07, 6.45) is 1.68. The molecule has 162 valence electrons. The van der Waals surface area contributed by atoms with Gasteiger partial charge in [0.05, 0.1) is 21.5 Å². The molecule has 0 saturated carbocycles. The average molecular weight is 505 g/mol. The highest BCUT2D eigenvalue weighted by Crippen LogP contribution is 2.35. The van der Waals surface area contributed by atoms with Gasteiger partial charge in [-0.3, -0.25) is 14.5 Å². The Morgan fingerprint density at radius 1 is 0.875 bits per heavy atom. The number of imide groups is 1. The largest absolute Gasteiger partial charge is 0.488 e. The van der Waals surface area contributed by atoms with E-state index in [0.717, 1.165) is 22.9 Å². The van der Waals surface area contributed by atoms with Gasteiger partial charge in [-0.15, -0.1) is 0 Å². The summed E-state index contributed by atoms with van der Waals surface area (Å²) in [5, 5.41) is 1.11. The Bertz CT molecular complexity index is 1210. The number of rotatable bonds is 6. The van der Waals surface area contributed by atoms with E-state index in [9.17, 15) is 9.59 Å². The zero-order valence-electron chi connectivity index (χ0n) is 16.6. The second-order valence-electron chi connectivity index (χ2n) is 6.97.